The van der Waals surface area contributed by atoms with E-state index < -0.39 is 5.60 Å². The van der Waals surface area contributed by atoms with Crippen molar-refractivity contribution in [2.45, 2.75) is 12.5 Å². The van der Waals surface area contributed by atoms with E-state index >= 15 is 0 Å². The fourth-order valence-corrected chi connectivity index (χ4v) is 2.39. The second kappa shape index (κ2) is 4.05. The average Bonchev–Trinajstić information content (AvgIpc) is 2.65. The molecule has 0 aliphatic carbocycles. The molecule has 2 rings (SSSR count). The molecule has 1 unspecified atom stereocenters. The zero-order chi connectivity index (χ0) is 11.8. The number of aliphatic hydroxyl groups is 1. The largest absolute Gasteiger partial charge is 0.380 e. The van der Waals surface area contributed by atoms with E-state index in [9.17, 15) is 5.11 Å². The number of nitrogen functional groups attached to an aromatic ring is 1. The molecule has 0 saturated carbocycles. The molecule has 0 spiro atoms. The number of nitrogens with zero attached hydrogens (tertiary/aromatic N) is 1. The Morgan fingerprint density at radius 3 is 2.81 bits per heavy atom. The van der Waals surface area contributed by atoms with E-state index in [0.29, 0.717) is 15.0 Å². The van der Waals surface area contributed by atoms with Gasteiger partial charge in [-0.15, -0.1) is 0 Å². The molecule has 0 aliphatic heterocycles. The van der Waals surface area contributed by atoms with Crippen molar-refractivity contribution >= 4 is 28.1 Å². The number of halogens is 1. The summed E-state index contributed by atoms with van der Waals surface area (Å²) in [6, 6.07) is 7.12. The summed E-state index contributed by atoms with van der Waals surface area (Å²) in [4.78, 5) is 4.64. The van der Waals surface area contributed by atoms with Crippen LogP contribution in [0.2, 0.25) is 5.02 Å². The van der Waals surface area contributed by atoms with Crippen LogP contribution in [0.3, 0.4) is 0 Å². The van der Waals surface area contributed by atoms with E-state index in [4.69, 9.17) is 17.3 Å². The Kier molecular flexibility index (Phi) is 2.88. The summed E-state index contributed by atoms with van der Waals surface area (Å²) >= 11 is 7.16. The van der Waals surface area contributed by atoms with Gasteiger partial charge in [0.2, 0.25) is 0 Å². The summed E-state index contributed by atoms with van der Waals surface area (Å²) in [6.45, 7) is 1.70. The molecule has 3 N–H and O–H groups in total. The van der Waals surface area contributed by atoms with Gasteiger partial charge in [0.1, 0.15) is 5.60 Å². The molecule has 1 atom stereocenters. The van der Waals surface area contributed by atoms with E-state index in [0.717, 1.165) is 5.56 Å². The fourth-order valence-electron chi connectivity index (χ4n) is 1.45. The van der Waals surface area contributed by atoms with Crippen LogP contribution in [0.15, 0.2) is 30.5 Å². The Morgan fingerprint density at radius 1 is 1.50 bits per heavy atom. The van der Waals surface area contributed by atoms with Gasteiger partial charge in [0, 0.05) is 11.2 Å². The number of hydrogen-bond acceptors (Lipinski definition) is 4. The Bertz CT molecular complexity index is 510. The predicted octanol–water partition coefficient (Wildman–Crippen LogP) is 2.63. The molecule has 0 radical (unpaired) electrons. The third kappa shape index (κ3) is 2.04. The number of anilines is 1. The first-order valence-electron chi connectivity index (χ1n) is 4.70. The Balaban J connectivity index is 2.46. The molecule has 5 heteroatoms. The molecular weight excluding hydrogens is 244 g/mol. The summed E-state index contributed by atoms with van der Waals surface area (Å²) in [7, 11) is 0. The van der Waals surface area contributed by atoms with E-state index in [-0.39, 0.29) is 0 Å². The lowest BCUT2D eigenvalue weighted by Crippen LogP contribution is -2.21. The maximum Gasteiger partial charge on any atom is 0.180 e. The number of hydrogen-bond donors (Lipinski definition) is 2. The molecule has 0 fully saturated rings. The van der Waals surface area contributed by atoms with Gasteiger partial charge in [0.05, 0.1) is 4.88 Å². The van der Waals surface area contributed by atoms with Crippen molar-refractivity contribution in [1.29, 1.82) is 0 Å². The molecule has 0 saturated heterocycles. The molecular formula is C11H11ClN2OS. The first kappa shape index (κ1) is 11.4. The smallest absolute Gasteiger partial charge is 0.180 e. The molecule has 2 aromatic rings. The van der Waals surface area contributed by atoms with Crippen molar-refractivity contribution in [3.8, 4) is 0 Å². The highest BCUT2D eigenvalue weighted by atomic mass is 35.5. The second-order valence-corrected chi connectivity index (χ2v) is 5.14. The van der Waals surface area contributed by atoms with Crippen molar-refractivity contribution in [1.82, 2.24) is 4.98 Å². The van der Waals surface area contributed by atoms with Crippen LogP contribution < -0.4 is 5.73 Å². The molecule has 0 amide bonds. The van der Waals surface area contributed by atoms with Gasteiger partial charge in [-0.1, -0.05) is 35.1 Å². The molecule has 1 aromatic heterocycles. The first-order valence-corrected chi connectivity index (χ1v) is 5.90. The first-order chi connectivity index (χ1) is 7.50. The number of aromatic nitrogens is 1. The van der Waals surface area contributed by atoms with Crippen molar-refractivity contribution in [3.63, 3.8) is 0 Å². The molecule has 0 bridgehead atoms. The summed E-state index contributed by atoms with van der Waals surface area (Å²) in [5, 5.41) is 11.5. The van der Waals surface area contributed by atoms with Gasteiger partial charge in [0.25, 0.3) is 0 Å². The summed E-state index contributed by atoms with van der Waals surface area (Å²) in [6.07, 6.45) is 1.58. The van der Waals surface area contributed by atoms with Crippen LogP contribution in [0.25, 0.3) is 0 Å². The zero-order valence-electron chi connectivity index (χ0n) is 8.64. The Morgan fingerprint density at radius 2 is 2.25 bits per heavy atom. The van der Waals surface area contributed by atoms with Crippen LogP contribution in [-0.2, 0) is 5.60 Å². The third-order valence-electron chi connectivity index (χ3n) is 2.39. The minimum Gasteiger partial charge on any atom is -0.380 e. The van der Waals surface area contributed by atoms with Crippen LogP contribution in [0.5, 0.6) is 0 Å². The third-order valence-corrected chi connectivity index (χ3v) is 3.66. The van der Waals surface area contributed by atoms with E-state index in [2.05, 4.69) is 4.98 Å². The zero-order valence-corrected chi connectivity index (χ0v) is 10.2. The van der Waals surface area contributed by atoms with Crippen LogP contribution >= 0.6 is 22.9 Å². The van der Waals surface area contributed by atoms with E-state index in [1.807, 2.05) is 6.07 Å². The van der Waals surface area contributed by atoms with Crippen LogP contribution in [0, 0.1) is 0 Å². The molecule has 0 aliphatic rings. The SMILES string of the molecule is CC(O)(c1cccc(Cl)c1)c1cnc(N)s1. The Labute approximate surface area is 103 Å². The van der Waals surface area contributed by atoms with Crippen molar-refractivity contribution in [2.75, 3.05) is 5.73 Å². The molecule has 84 valence electrons. The fraction of sp³-hybridized carbons (Fsp3) is 0.182. The van der Waals surface area contributed by atoms with Crippen LogP contribution in [0.4, 0.5) is 5.13 Å². The monoisotopic (exact) mass is 254 g/mol. The molecule has 16 heavy (non-hydrogen) atoms. The average molecular weight is 255 g/mol. The summed E-state index contributed by atoms with van der Waals surface area (Å²) in [5.41, 5.74) is 5.17. The number of benzene rings is 1. The van der Waals surface area contributed by atoms with Gasteiger partial charge in [-0.25, -0.2) is 4.98 Å². The number of thiazole rings is 1. The summed E-state index contributed by atoms with van der Waals surface area (Å²) < 4.78 is 0. The maximum atomic E-state index is 10.5. The maximum absolute atomic E-state index is 10.5. The quantitative estimate of drug-likeness (QED) is 0.866. The highest BCUT2D eigenvalue weighted by Crippen LogP contribution is 2.34. The highest BCUT2D eigenvalue weighted by Gasteiger charge is 2.28. The lowest BCUT2D eigenvalue weighted by atomic mass is 9.95. The lowest BCUT2D eigenvalue weighted by Gasteiger charge is -2.21. The topological polar surface area (TPSA) is 59.1 Å². The Hall–Kier alpha value is -1.10. The van der Waals surface area contributed by atoms with Gasteiger partial charge < -0.3 is 10.8 Å². The minimum atomic E-state index is -1.11. The van der Waals surface area contributed by atoms with Gasteiger partial charge in [-0.05, 0) is 24.6 Å². The van der Waals surface area contributed by atoms with Crippen molar-refractivity contribution in [2.24, 2.45) is 0 Å². The van der Waals surface area contributed by atoms with Crippen LogP contribution in [0.1, 0.15) is 17.4 Å². The molecule has 1 heterocycles. The predicted molar refractivity (Wildman–Crippen MR) is 66.7 cm³/mol. The van der Waals surface area contributed by atoms with Gasteiger partial charge in [0.15, 0.2) is 5.13 Å². The van der Waals surface area contributed by atoms with Crippen molar-refractivity contribution < 1.29 is 5.11 Å². The highest BCUT2D eigenvalue weighted by molar-refractivity contribution is 7.15. The van der Waals surface area contributed by atoms with E-state index in [1.165, 1.54) is 11.3 Å². The molecule has 1 aromatic carbocycles. The number of nitrogens with two attached hydrogens (primary N) is 1. The van der Waals surface area contributed by atoms with Crippen molar-refractivity contribution in [3.05, 3.63) is 45.9 Å². The molecule has 3 nitrogen and oxygen atoms in total. The van der Waals surface area contributed by atoms with E-state index in [1.54, 1.807) is 31.3 Å². The minimum absolute atomic E-state index is 0.442. The van der Waals surface area contributed by atoms with Gasteiger partial charge >= 0.3 is 0 Å². The van der Waals surface area contributed by atoms with Crippen LogP contribution in [-0.4, -0.2) is 10.1 Å². The lowest BCUT2D eigenvalue weighted by molar-refractivity contribution is 0.106. The normalized spacial score (nSPS) is 14.7. The van der Waals surface area contributed by atoms with Gasteiger partial charge in [-0.3, -0.25) is 0 Å². The van der Waals surface area contributed by atoms with Gasteiger partial charge in [-0.2, -0.15) is 0 Å². The standard InChI is InChI=1S/C11H11ClN2OS/c1-11(15,9-6-14-10(13)16-9)7-3-2-4-8(12)5-7/h2-6,15H,1H3,(H2,13,14). The second-order valence-electron chi connectivity index (χ2n) is 3.65. The number of rotatable bonds is 2. The summed E-state index contributed by atoms with van der Waals surface area (Å²) in [5.74, 6) is 0.